The lowest BCUT2D eigenvalue weighted by atomic mass is 9.88. The van der Waals surface area contributed by atoms with Crippen molar-refractivity contribution in [3.63, 3.8) is 0 Å². The number of halogens is 4. The molecule has 0 amide bonds. The van der Waals surface area contributed by atoms with Crippen molar-refractivity contribution < 1.29 is 21.6 Å². The predicted octanol–water partition coefficient (Wildman–Crippen LogP) is 2.96. The Kier molecular flexibility index (Phi) is 5.30. The lowest BCUT2D eigenvalue weighted by molar-refractivity contribution is -0.139. The van der Waals surface area contributed by atoms with Crippen LogP contribution in [-0.2, 0) is 16.2 Å². The van der Waals surface area contributed by atoms with Gasteiger partial charge in [0.1, 0.15) is 0 Å². The molecule has 0 saturated carbocycles. The summed E-state index contributed by atoms with van der Waals surface area (Å²) in [5.41, 5.74) is 4.40. The molecule has 2 N–H and O–H groups in total. The Balaban J connectivity index is 2.45. The van der Waals surface area contributed by atoms with Gasteiger partial charge in [-0.3, -0.25) is 0 Å². The average Bonchev–Trinajstić information content (AvgIpc) is 2.46. The molecule has 2 rings (SSSR count). The first-order valence-corrected chi connectivity index (χ1v) is 8.96. The number of alkyl halides is 3. The molecule has 0 bridgehead atoms. The zero-order valence-corrected chi connectivity index (χ0v) is 14.0. The molecule has 1 fully saturated rings. The Hall–Kier alpha value is -0.830. The summed E-state index contributed by atoms with van der Waals surface area (Å²) in [6.07, 6.45) is -4.24. The number of benzene rings is 1. The second kappa shape index (κ2) is 6.58. The quantitative estimate of drug-likeness (QED) is 0.889. The first kappa shape index (κ1) is 18.5. The summed E-state index contributed by atoms with van der Waals surface area (Å²) in [5.74, 6) is 0.166. The largest absolute Gasteiger partial charge is 0.417 e. The maximum atomic E-state index is 13.2. The minimum Gasteiger partial charge on any atom is -0.330 e. The van der Waals surface area contributed by atoms with E-state index in [9.17, 15) is 21.6 Å². The van der Waals surface area contributed by atoms with Crippen molar-refractivity contribution in [2.75, 3.05) is 19.6 Å². The van der Waals surface area contributed by atoms with Crippen LogP contribution < -0.4 is 5.73 Å². The Morgan fingerprint density at radius 2 is 2.04 bits per heavy atom. The van der Waals surface area contributed by atoms with Crippen LogP contribution in [-0.4, -0.2) is 32.4 Å². The lowest BCUT2D eigenvalue weighted by Gasteiger charge is -2.36. The van der Waals surface area contributed by atoms with Crippen LogP contribution in [0.4, 0.5) is 13.2 Å². The molecule has 0 spiro atoms. The molecular formula is C14H18ClF3N2O2S. The molecule has 2 unspecified atom stereocenters. The van der Waals surface area contributed by atoms with Crippen molar-refractivity contribution in [1.82, 2.24) is 4.31 Å². The third kappa shape index (κ3) is 3.81. The van der Waals surface area contributed by atoms with E-state index < -0.39 is 26.7 Å². The van der Waals surface area contributed by atoms with Gasteiger partial charge in [-0.15, -0.1) is 0 Å². The lowest BCUT2D eigenvalue weighted by Crippen LogP contribution is -2.45. The highest BCUT2D eigenvalue weighted by atomic mass is 35.5. The number of nitrogens with two attached hydrogens (primary N) is 1. The molecule has 0 radical (unpaired) electrons. The Morgan fingerprint density at radius 3 is 2.61 bits per heavy atom. The summed E-state index contributed by atoms with van der Waals surface area (Å²) in [6.45, 7) is 2.56. The molecule has 1 aromatic carbocycles. The van der Waals surface area contributed by atoms with Crippen LogP contribution >= 0.6 is 11.6 Å². The van der Waals surface area contributed by atoms with Crippen molar-refractivity contribution in [2.24, 2.45) is 17.6 Å². The molecule has 1 aliphatic rings. The van der Waals surface area contributed by atoms with Gasteiger partial charge in [0, 0.05) is 18.1 Å². The van der Waals surface area contributed by atoms with Gasteiger partial charge in [0.05, 0.1) is 10.5 Å². The third-order valence-electron chi connectivity index (χ3n) is 4.24. The van der Waals surface area contributed by atoms with E-state index >= 15 is 0 Å². The second-order valence-electron chi connectivity index (χ2n) is 5.76. The van der Waals surface area contributed by atoms with Gasteiger partial charge in [-0.1, -0.05) is 18.5 Å². The first-order chi connectivity index (χ1) is 10.6. The molecule has 1 aromatic rings. The predicted molar refractivity (Wildman–Crippen MR) is 81.5 cm³/mol. The standard InChI is InChI=1S/C14H18ClF3N2O2S/c1-9-4-5-20(8-10(9)7-19)23(21,22)13-3-2-11(15)6-12(13)14(16,17)18/h2-3,6,9-10H,4-5,7-8,19H2,1H3. The van der Waals surface area contributed by atoms with Crippen molar-refractivity contribution in [1.29, 1.82) is 0 Å². The molecule has 23 heavy (non-hydrogen) atoms. The van der Waals surface area contributed by atoms with E-state index in [-0.39, 0.29) is 29.9 Å². The van der Waals surface area contributed by atoms with Crippen LogP contribution in [0.3, 0.4) is 0 Å². The SMILES string of the molecule is CC1CCN(S(=O)(=O)c2ccc(Cl)cc2C(F)(F)F)CC1CN. The number of piperidine rings is 1. The highest BCUT2D eigenvalue weighted by molar-refractivity contribution is 7.89. The molecule has 4 nitrogen and oxygen atoms in total. The van der Waals surface area contributed by atoms with Crippen molar-refractivity contribution in [3.05, 3.63) is 28.8 Å². The van der Waals surface area contributed by atoms with Gasteiger partial charge in [0.2, 0.25) is 10.0 Å². The maximum Gasteiger partial charge on any atom is 0.417 e. The molecule has 1 aliphatic heterocycles. The van der Waals surface area contributed by atoms with Crippen LogP contribution in [0.5, 0.6) is 0 Å². The normalized spacial score (nSPS) is 23.9. The number of rotatable bonds is 3. The Bertz CT molecular complexity index is 679. The molecule has 2 atom stereocenters. The molecule has 0 aromatic heterocycles. The first-order valence-electron chi connectivity index (χ1n) is 7.14. The highest BCUT2D eigenvalue weighted by Gasteiger charge is 2.41. The van der Waals surface area contributed by atoms with Gasteiger partial charge >= 0.3 is 6.18 Å². The molecule has 1 heterocycles. The van der Waals surface area contributed by atoms with Crippen LogP contribution in [0, 0.1) is 11.8 Å². The van der Waals surface area contributed by atoms with Crippen LogP contribution in [0.15, 0.2) is 23.1 Å². The van der Waals surface area contributed by atoms with Gasteiger partial charge < -0.3 is 5.73 Å². The summed E-state index contributed by atoms with van der Waals surface area (Å²) < 4.78 is 65.9. The summed E-state index contributed by atoms with van der Waals surface area (Å²) in [6, 6.07) is 2.70. The van der Waals surface area contributed by atoms with E-state index in [0.717, 1.165) is 16.4 Å². The van der Waals surface area contributed by atoms with E-state index in [4.69, 9.17) is 17.3 Å². The summed E-state index contributed by atoms with van der Waals surface area (Å²) >= 11 is 5.60. The number of hydrogen-bond acceptors (Lipinski definition) is 3. The fraction of sp³-hybridized carbons (Fsp3) is 0.571. The minimum atomic E-state index is -4.80. The fourth-order valence-electron chi connectivity index (χ4n) is 2.73. The van der Waals surface area contributed by atoms with Crippen molar-refractivity contribution >= 4 is 21.6 Å². The third-order valence-corrected chi connectivity index (χ3v) is 6.40. The molecular weight excluding hydrogens is 353 g/mol. The zero-order chi connectivity index (χ0) is 17.4. The summed E-state index contributed by atoms with van der Waals surface area (Å²) in [5, 5.41) is -0.164. The van der Waals surface area contributed by atoms with E-state index in [1.54, 1.807) is 0 Å². The van der Waals surface area contributed by atoms with Gasteiger partial charge in [0.15, 0.2) is 0 Å². The Morgan fingerprint density at radius 1 is 1.39 bits per heavy atom. The number of sulfonamides is 1. The van der Waals surface area contributed by atoms with Crippen LogP contribution in [0.1, 0.15) is 18.9 Å². The second-order valence-corrected chi connectivity index (χ2v) is 8.11. The smallest absolute Gasteiger partial charge is 0.330 e. The number of nitrogens with zero attached hydrogens (tertiary/aromatic N) is 1. The van der Waals surface area contributed by atoms with E-state index in [1.807, 2.05) is 6.92 Å². The van der Waals surface area contributed by atoms with Gasteiger partial charge in [-0.05, 0) is 43.0 Å². The Labute approximate surface area is 138 Å². The van der Waals surface area contributed by atoms with Gasteiger partial charge in [0.25, 0.3) is 0 Å². The highest BCUT2D eigenvalue weighted by Crippen LogP contribution is 2.38. The van der Waals surface area contributed by atoms with E-state index in [1.165, 1.54) is 0 Å². The summed E-state index contributed by atoms with van der Waals surface area (Å²) in [4.78, 5) is -0.764. The monoisotopic (exact) mass is 370 g/mol. The van der Waals surface area contributed by atoms with E-state index in [2.05, 4.69) is 0 Å². The molecule has 130 valence electrons. The van der Waals surface area contributed by atoms with Gasteiger partial charge in [-0.2, -0.15) is 17.5 Å². The summed E-state index contributed by atoms with van der Waals surface area (Å²) in [7, 11) is -4.26. The van der Waals surface area contributed by atoms with Crippen LogP contribution in [0.25, 0.3) is 0 Å². The maximum absolute atomic E-state index is 13.2. The topological polar surface area (TPSA) is 63.4 Å². The molecule has 9 heteroatoms. The average molecular weight is 371 g/mol. The fourth-order valence-corrected chi connectivity index (χ4v) is 4.61. The molecule has 0 aliphatic carbocycles. The molecule has 1 saturated heterocycles. The zero-order valence-electron chi connectivity index (χ0n) is 12.5. The van der Waals surface area contributed by atoms with Crippen molar-refractivity contribution in [3.8, 4) is 0 Å². The number of hydrogen-bond donors (Lipinski definition) is 1. The van der Waals surface area contributed by atoms with Gasteiger partial charge in [-0.25, -0.2) is 8.42 Å². The van der Waals surface area contributed by atoms with E-state index in [0.29, 0.717) is 19.0 Å². The van der Waals surface area contributed by atoms with Crippen LogP contribution in [0.2, 0.25) is 5.02 Å². The van der Waals surface area contributed by atoms with Crippen molar-refractivity contribution in [2.45, 2.75) is 24.4 Å². The minimum absolute atomic E-state index is 0.0693.